The first-order chi connectivity index (χ1) is 8.54. The standard InChI is InChI=1S/C16H24FN/c1-11-7-12(2)9-16(8-11)18-13(3)14-5-4-6-15(17)10-14/h4-6,10-13,16,18H,7-9H2,1-3H3/t11?,12?,13-,16?/m0/s1. The molecule has 0 bridgehead atoms. The number of benzene rings is 1. The lowest BCUT2D eigenvalue weighted by Crippen LogP contribution is -2.37. The van der Waals surface area contributed by atoms with Gasteiger partial charge in [0.05, 0.1) is 0 Å². The SMILES string of the molecule is CC1CC(C)CC(N[C@@H](C)c2cccc(F)c2)C1. The molecule has 1 aromatic rings. The van der Waals surface area contributed by atoms with Crippen LogP contribution in [0.25, 0.3) is 0 Å². The number of hydrogen-bond donors (Lipinski definition) is 1. The van der Waals surface area contributed by atoms with Crippen LogP contribution in [-0.2, 0) is 0 Å². The Kier molecular flexibility index (Phi) is 4.39. The van der Waals surface area contributed by atoms with Gasteiger partial charge in [0.15, 0.2) is 0 Å². The van der Waals surface area contributed by atoms with Crippen LogP contribution in [-0.4, -0.2) is 6.04 Å². The molecule has 100 valence electrons. The maximum Gasteiger partial charge on any atom is 0.123 e. The fraction of sp³-hybridized carbons (Fsp3) is 0.625. The largest absolute Gasteiger partial charge is 0.307 e. The molecule has 1 aliphatic carbocycles. The Morgan fingerprint density at radius 3 is 2.44 bits per heavy atom. The highest BCUT2D eigenvalue weighted by Crippen LogP contribution is 2.30. The summed E-state index contributed by atoms with van der Waals surface area (Å²) in [6.07, 6.45) is 3.82. The number of nitrogens with one attached hydrogen (secondary N) is 1. The Hall–Kier alpha value is -0.890. The van der Waals surface area contributed by atoms with Crippen LogP contribution >= 0.6 is 0 Å². The molecule has 2 rings (SSSR count). The number of hydrogen-bond acceptors (Lipinski definition) is 1. The zero-order chi connectivity index (χ0) is 13.1. The summed E-state index contributed by atoms with van der Waals surface area (Å²) in [6.45, 7) is 6.78. The van der Waals surface area contributed by atoms with Gasteiger partial charge in [-0.15, -0.1) is 0 Å². The third kappa shape index (κ3) is 3.55. The van der Waals surface area contributed by atoms with Gasteiger partial charge in [0.2, 0.25) is 0 Å². The lowest BCUT2D eigenvalue weighted by Gasteiger charge is -2.34. The van der Waals surface area contributed by atoms with Gasteiger partial charge in [-0.1, -0.05) is 26.0 Å². The molecule has 0 saturated heterocycles. The second-order valence-corrected chi connectivity index (χ2v) is 6.06. The van der Waals surface area contributed by atoms with Gasteiger partial charge in [0.1, 0.15) is 5.82 Å². The van der Waals surface area contributed by atoms with Crippen LogP contribution < -0.4 is 5.32 Å². The highest BCUT2D eigenvalue weighted by Gasteiger charge is 2.24. The molecule has 0 heterocycles. The highest BCUT2D eigenvalue weighted by atomic mass is 19.1. The molecule has 1 fully saturated rings. The fourth-order valence-electron chi connectivity index (χ4n) is 3.31. The molecule has 1 N–H and O–H groups in total. The van der Waals surface area contributed by atoms with Crippen LogP contribution in [0.5, 0.6) is 0 Å². The van der Waals surface area contributed by atoms with E-state index in [1.165, 1.54) is 25.3 Å². The van der Waals surface area contributed by atoms with Gasteiger partial charge in [0, 0.05) is 12.1 Å². The summed E-state index contributed by atoms with van der Waals surface area (Å²) in [5.74, 6) is 1.45. The van der Waals surface area contributed by atoms with E-state index in [1.54, 1.807) is 12.1 Å². The average Bonchev–Trinajstić information content (AvgIpc) is 2.27. The average molecular weight is 249 g/mol. The van der Waals surface area contributed by atoms with E-state index in [4.69, 9.17) is 0 Å². The Balaban J connectivity index is 1.96. The first kappa shape index (κ1) is 13.5. The van der Waals surface area contributed by atoms with E-state index in [-0.39, 0.29) is 11.9 Å². The van der Waals surface area contributed by atoms with E-state index in [0.717, 1.165) is 17.4 Å². The number of halogens is 1. The van der Waals surface area contributed by atoms with Crippen molar-refractivity contribution in [3.63, 3.8) is 0 Å². The van der Waals surface area contributed by atoms with Crippen molar-refractivity contribution in [2.75, 3.05) is 0 Å². The van der Waals surface area contributed by atoms with Crippen LogP contribution in [0.2, 0.25) is 0 Å². The molecule has 0 radical (unpaired) electrons. The second kappa shape index (κ2) is 5.83. The van der Waals surface area contributed by atoms with Crippen LogP contribution in [0.4, 0.5) is 4.39 Å². The molecule has 0 aromatic heterocycles. The van der Waals surface area contributed by atoms with E-state index in [2.05, 4.69) is 26.1 Å². The van der Waals surface area contributed by atoms with Gasteiger partial charge in [-0.2, -0.15) is 0 Å². The minimum Gasteiger partial charge on any atom is -0.307 e. The maximum absolute atomic E-state index is 13.2. The monoisotopic (exact) mass is 249 g/mol. The molecule has 3 atom stereocenters. The van der Waals surface area contributed by atoms with Gasteiger partial charge in [-0.3, -0.25) is 0 Å². The molecule has 1 aliphatic rings. The summed E-state index contributed by atoms with van der Waals surface area (Å²) >= 11 is 0. The van der Waals surface area contributed by atoms with E-state index < -0.39 is 0 Å². The molecular formula is C16H24FN. The molecule has 18 heavy (non-hydrogen) atoms. The van der Waals surface area contributed by atoms with Gasteiger partial charge in [-0.25, -0.2) is 4.39 Å². The third-order valence-corrected chi connectivity index (χ3v) is 4.01. The summed E-state index contributed by atoms with van der Waals surface area (Å²) in [6, 6.07) is 7.71. The molecule has 1 aromatic carbocycles. The van der Waals surface area contributed by atoms with Crippen molar-refractivity contribution in [2.45, 2.75) is 52.1 Å². The Morgan fingerprint density at radius 2 is 1.83 bits per heavy atom. The Labute approximate surface area is 110 Å². The second-order valence-electron chi connectivity index (χ2n) is 6.06. The fourth-order valence-corrected chi connectivity index (χ4v) is 3.31. The minimum absolute atomic E-state index is 0.147. The zero-order valence-corrected chi connectivity index (χ0v) is 11.6. The third-order valence-electron chi connectivity index (χ3n) is 4.01. The van der Waals surface area contributed by atoms with Gasteiger partial charge in [-0.05, 0) is 55.7 Å². The molecule has 0 spiro atoms. The van der Waals surface area contributed by atoms with Gasteiger partial charge >= 0.3 is 0 Å². The van der Waals surface area contributed by atoms with Crippen molar-refractivity contribution in [2.24, 2.45) is 11.8 Å². The quantitative estimate of drug-likeness (QED) is 0.842. The molecule has 0 aliphatic heterocycles. The van der Waals surface area contributed by atoms with E-state index in [9.17, 15) is 4.39 Å². The smallest absolute Gasteiger partial charge is 0.123 e. The van der Waals surface area contributed by atoms with Crippen molar-refractivity contribution in [3.05, 3.63) is 35.6 Å². The van der Waals surface area contributed by atoms with Gasteiger partial charge in [0.25, 0.3) is 0 Å². The van der Waals surface area contributed by atoms with E-state index >= 15 is 0 Å². The Morgan fingerprint density at radius 1 is 1.17 bits per heavy atom. The predicted molar refractivity (Wildman–Crippen MR) is 73.9 cm³/mol. The molecular weight excluding hydrogens is 225 g/mol. The van der Waals surface area contributed by atoms with Crippen molar-refractivity contribution < 1.29 is 4.39 Å². The van der Waals surface area contributed by atoms with E-state index in [0.29, 0.717) is 6.04 Å². The van der Waals surface area contributed by atoms with Crippen LogP contribution in [0, 0.1) is 17.7 Å². The summed E-state index contributed by atoms with van der Waals surface area (Å²) < 4.78 is 13.2. The summed E-state index contributed by atoms with van der Waals surface area (Å²) in [5.41, 5.74) is 1.04. The maximum atomic E-state index is 13.2. The molecule has 1 nitrogen and oxygen atoms in total. The van der Waals surface area contributed by atoms with Gasteiger partial charge < -0.3 is 5.32 Å². The molecule has 2 heteroatoms. The topological polar surface area (TPSA) is 12.0 Å². The molecule has 1 saturated carbocycles. The first-order valence-corrected chi connectivity index (χ1v) is 7.06. The van der Waals surface area contributed by atoms with Crippen LogP contribution in [0.15, 0.2) is 24.3 Å². The minimum atomic E-state index is -0.147. The lowest BCUT2D eigenvalue weighted by atomic mass is 9.80. The zero-order valence-electron chi connectivity index (χ0n) is 11.6. The van der Waals surface area contributed by atoms with Crippen molar-refractivity contribution in [1.29, 1.82) is 0 Å². The molecule has 2 unspecified atom stereocenters. The Bertz CT molecular complexity index is 380. The highest BCUT2D eigenvalue weighted by molar-refractivity contribution is 5.19. The molecule has 0 amide bonds. The summed E-state index contributed by atoms with van der Waals surface area (Å²) in [7, 11) is 0. The first-order valence-electron chi connectivity index (χ1n) is 7.06. The normalized spacial score (nSPS) is 30.1. The van der Waals surface area contributed by atoms with Crippen molar-refractivity contribution >= 4 is 0 Å². The van der Waals surface area contributed by atoms with E-state index in [1.807, 2.05) is 6.07 Å². The number of rotatable bonds is 3. The van der Waals surface area contributed by atoms with Crippen LogP contribution in [0.1, 0.15) is 51.6 Å². The summed E-state index contributed by atoms with van der Waals surface area (Å²) in [5, 5.41) is 3.66. The van der Waals surface area contributed by atoms with Crippen molar-refractivity contribution in [3.8, 4) is 0 Å². The van der Waals surface area contributed by atoms with Crippen LogP contribution in [0.3, 0.4) is 0 Å². The van der Waals surface area contributed by atoms with Crippen molar-refractivity contribution in [1.82, 2.24) is 5.32 Å². The lowest BCUT2D eigenvalue weighted by molar-refractivity contribution is 0.228. The summed E-state index contributed by atoms with van der Waals surface area (Å²) in [4.78, 5) is 0. The predicted octanol–water partition coefficient (Wildman–Crippen LogP) is 4.30.